The van der Waals surface area contributed by atoms with Crippen molar-refractivity contribution in [1.29, 1.82) is 0 Å². The van der Waals surface area contributed by atoms with Crippen LogP contribution in [0, 0.1) is 17.8 Å². The highest BCUT2D eigenvalue weighted by Crippen LogP contribution is 2.35. The minimum absolute atomic E-state index is 0.132. The van der Waals surface area contributed by atoms with Gasteiger partial charge in [-0.15, -0.1) is 0 Å². The molecule has 0 radical (unpaired) electrons. The van der Waals surface area contributed by atoms with Crippen molar-refractivity contribution in [2.75, 3.05) is 5.73 Å². The number of rotatable bonds is 2. The van der Waals surface area contributed by atoms with E-state index < -0.39 is 0 Å². The average molecular weight is 235 g/mol. The summed E-state index contributed by atoms with van der Waals surface area (Å²) in [5.41, 5.74) is 6.45. The summed E-state index contributed by atoms with van der Waals surface area (Å²) in [6, 6.07) is 0. The number of Topliss-reactive ketones (excluding diaryl/α,β-unsaturated/α-hetero) is 1. The molecule has 0 bridgehead atoms. The molecule has 1 heterocycles. The highest BCUT2D eigenvalue weighted by atomic mass is 16.1. The first-order valence-electron chi connectivity index (χ1n) is 6.32. The Labute approximate surface area is 102 Å². The van der Waals surface area contributed by atoms with Crippen LogP contribution in [-0.4, -0.2) is 15.6 Å². The third-order valence-electron chi connectivity index (χ3n) is 4.22. The third kappa shape index (κ3) is 2.21. The molecule has 1 aliphatic carbocycles. The number of carbonyl (C=O) groups is 1. The van der Waals surface area contributed by atoms with E-state index in [9.17, 15) is 4.79 Å². The van der Waals surface area contributed by atoms with Crippen molar-refractivity contribution in [2.45, 2.75) is 33.1 Å². The fourth-order valence-electron chi connectivity index (χ4n) is 2.64. The molecule has 0 saturated heterocycles. The maximum absolute atomic E-state index is 12.4. The molecule has 0 aliphatic heterocycles. The molecule has 94 valence electrons. The molecule has 2 rings (SSSR count). The van der Waals surface area contributed by atoms with Crippen molar-refractivity contribution in [3.63, 3.8) is 0 Å². The van der Waals surface area contributed by atoms with Crippen LogP contribution in [0.15, 0.2) is 6.20 Å². The van der Waals surface area contributed by atoms with Crippen LogP contribution < -0.4 is 5.73 Å². The summed E-state index contributed by atoms with van der Waals surface area (Å²) in [7, 11) is 1.76. The van der Waals surface area contributed by atoms with Crippen LogP contribution in [0.2, 0.25) is 0 Å². The van der Waals surface area contributed by atoms with Gasteiger partial charge < -0.3 is 5.73 Å². The van der Waals surface area contributed by atoms with Gasteiger partial charge in [0, 0.05) is 13.0 Å². The Balaban J connectivity index is 2.13. The van der Waals surface area contributed by atoms with Gasteiger partial charge in [0.15, 0.2) is 5.78 Å². The Morgan fingerprint density at radius 2 is 2.12 bits per heavy atom. The maximum atomic E-state index is 12.4. The summed E-state index contributed by atoms with van der Waals surface area (Å²) in [5.74, 6) is 2.14. The van der Waals surface area contributed by atoms with Crippen LogP contribution in [-0.2, 0) is 7.05 Å². The van der Waals surface area contributed by atoms with E-state index in [2.05, 4.69) is 18.9 Å². The molecule has 17 heavy (non-hydrogen) atoms. The van der Waals surface area contributed by atoms with Gasteiger partial charge >= 0.3 is 0 Å². The largest absolute Gasteiger partial charge is 0.383 e. The van der Waals surface area contributed by atoms with Gasteiger partial charge in [0.2, 0.25) is 0 Å². The first-order valence-corrected chi connectivity index (χ1v) is 6.32. The molecule has 4 nitrogen and oxygen atoms in total. The molecule has 3 atom stereocenters. The number of nitrogens with zero attached hydrogens (tertiary/aromatic N) is 2. The molecule has 3 unspecified atom stereocenters. The fraction of sp³-hybridized carbons (Fsp3) is 0.692. The summed E-state index contributed by atoms with van der Waals surface area (Å²) in [4.78, 5) is 12.4. The smallest absolute Gasteiger partial charge is 0.171 e. The van der Waals surface area contributed by atoms with Crippen molar-refractivity contribution in [1.82, 2.24) is 9.78 Å². The van der Waals surface area contributed by atoms with Crippen molar-refractivity contribution < 1.29 is 4.79 Å². The second kappa shape index (κ2) is 4.51. The number of hydrogen-bond donors (Lipinski definition) is 1. The molecule has 1 aliphatic rings. The van der Waals surface area contributed by atoms with Crippen LogP contribution >= 0.6 is 0 Å². The Hall–Kier alpha value is -1.32. The van der Waals surface area contributed by atoms with Crippen LogP contribution in [0.3, 0.4) is 0 Å². The average Bonchev–Trinajstić information content (AvgIpc) is 2.63. The Bertz CT molecular complexity index is 424. The molecular weight excluding hydrogens is 214 g/mol. The van der Waals surface area contributed by atoms with Gasteiger partial charge in [-0.05, 0) is 31.1 Å². The molecule has 0 aromatic carbocycles. The first-order chi connectivity index (χ1) is 8.00. The van der Waals surface area contributed by atoms with Gasteiger partial charge in [-0.1, -0.05) is 13.8 Å². The van der Waals surface area contributed by atoms with E-state index in [1.807, 2.05) is 0 Å². The topological polar surface area (TPSA) is 60.9 Å². The standard InChI is InChI=1S/C13H21N3O/c1-8-4-5-10(6-9(8)2)12(17)11-7-15-16(3)13(11)14/h7-10H,4-6,14H2,1-3H3. The molecular formula is C13H21N3O. The Kier molecular flexibility index (Phi) is 3.22. The number of nitrogen functional groups attached to an aromatic ring is 1. The predicted molar refractivity (Wildman–Crippen MR) is 67.6 cm³/mol. The molecule has 2 N–H and O–H groups in total. The van der Waals surface area contributed by atoms with Crippen molar-refractivity contribution in [3.8, 4) is 0 Å². The van der Waals surface area contributed by atoms with E-state index in [4.69, 9.17) is 5.73 Å². The van der Waals surface area contributed by atoms with E-state index in [1.54, 1.807) is 17.9 Å². The van der Waals surface area contributed by atoms with E-state index >= 15 is 0 Å². The fourth-order valence-corrected chi connectivity index (χ4v) is 2.64. The number of aromatic nitrogens is 2. The SMILES string of the molecule is CC1CCC(C(=O)c2cnn(C)c2N)CC1C. The zero-order chi connectivity index (χ0) is 12.6. The molecule has 1 saturated carbocycles. The normalized spacial score (nSPS) is 29.2. The van der Waals surface area contributed by atoms with Gasteiger partial charge in [0.1, 0.15) is 5.82 Å². The lowest BCUT2D eigenvalue weighted by atomic mass is 9.73. The summed E-state index contributed by atoms with van der Waals surface area (Å²) < 4.78 is 1.56. The lowest BCUT2D eigenvalue weighted by Crippen LogP contribution is -2.26. The molecule has 0 amide bonds. The van der Waals surface area contributed by atoms with Gasteiger partial charge in [0.25, 0.3) is 0 Å². The second-order valence-corrected chi connectivity index (χ2v) is 5.40. The second-order valence-electron chi connectivity index (χ2n) is 5.40. The number of hydrogen-bond acceptors (Lipinski definition) is 3. The van der Waals surface area contributed by atoms with Crippen LogP contribution in [0.4, 0.5) is 5.82 Å². The molecule has 1 aromatic rings. The molecule has 1 aromatic heterocycles. The number of carbonyl (C=O) groups excluding carboxylic acids is 1. The van der Waals surface area contributed by atoms with E-state index in [0.717, 1.165) is 25.2 Å². The number of aryl methyl sites for hydroxylation is 1. The Morgan fingerprint density at radius 1 is 1.41 bits per heavy atom. The summed E-state index contributed by atoms with van der Waals surface area (Å²) in [6.45, 7) is 4.50. The molecule has 4 heteroatoms. The minimum Gasteiger partial charge on any atom is -0.383 e. The van der Waals surface area contributed by atoms with E-state index in [-0.39, 0.29) is 11.7 Å². The predicted octanol–water partition coefficient (Wildman–Crippen LogP) is 2.26. The van der Waals surface area contributed by atoms with Crippen molar-refractivity contribution in [3.05, 3.63) is 11.8 Å². The zero-order valence-electron chi connectivity index (χ0n) is 10.8. The van der Waals surface area contributed by atoms with E-state index in [1.165, 1.54) is 0 Å². The third-order valence-corrected chi connectivity index (χ3v) is 4.22. The summed E-state index contributed by atoms with van der Waals surface area (Å²) in [6.07, 6.45) is 4.70. The highest BCUT2D eigenvalue weighted by molar-refractivity contribution is 6.01. The number of ketones is 1. The van der Waals surface area contributed by atoms with Gasteiger partial charge in [-0.25, -0.2) is 0 Å². The van der Waals surface area contributed by atoms with Gasteiger partial charge in [0.05, 0.1) is 11.8 Å². The highest BCUT2D eigenvalue weighted by Gasteiger charge is 2.31. The molecule has 1 fully saturated rings. The first kappa shape index (κ1) is 12.1. The van der Waals surface area contributed by atoms with Crippen LogP contribution in [0.25, 0.3) is 0 Å². The van der Waals surface area contributed by atoms with Crippen LogP contribution in [0.5, 0.6) is 0 Å². The quantitative estimate of drug-likeness (QED) is 0.800. The summed E-state index contributed by atoms with van der Waals surface area (Å²) >= 11 is 0. The van der Waals surface area contributed by atoms with Crippen LogP contribution in [0.1, 0.15) is 43.5 Å². The Morgan fingerprint density at radius 3 is 2.65 bits per heavy atom. The lowest BCUT2D eigenvalue weighted by Gasteiger charge is -2.31. The van der Waals surface area contributed by atoms with E-state index in [0.29, 0.717) is 17.3 Å². The minimum atomic E-state index is 0.132. The molecule has 0 spiro atoms. The monoisotopic (exact) mass is 235 g/mol. The van der Waals surface area contributed by atoms with Crippen molar-refractivity contribution >= 4 is 11.6 Å². The van der Waals surface area contributed by atoms with Crippen molar-refractivity contribution in [2.24, 2.45) is 24.8 Å². The zero-order valence-corrected chi connectivity index (χ0v) is 10.8. The maximum Gasteiger partial charge on any atom is 0.171 e. The van der Waals surface area contributed by atoms with Gasteiger partial charge in [-0.2, -0.15) is 5.10 Å². The number of anilines is 1. The number of nitrogens with two attached hydrogens (primary N) is 1. The lowest BCUT2D eigenvalue weighted by molar-refractivity contribution is 0.0838. The van der Waals surface area contributed by atoms with Gasteiger partial charge in [-0.3, -0.25) is 9.48 Å². The summed E-state index contributed by atoms with van der Waals surface area (Å²) in [5, 5.41) is 4.04.